The molecule has 1 saturated heterocycles. The summed E-state index contributed by atoms with van der Waals surface area (Å²) >= 11 is 0. The van der Waals surface area contributed by atoms with Crippen molar-refractivity contribution in [3.05, 3.63) is 0 Å². The van der Waals surface area contributed by atoms with E-state index >= 15 is 0 Å². The summed E-state index contributed by atoms with van der Waals surface area (Å²) in [6.07, 6.45) is 3.56. The molecule has 1 aliphatic heterocycles. The molecule has 0 radical (unpaired) electrons. The second-order valence-corrected chi connectivity index (χ2v) is 6.92. The lowest BCUT2D eigenvalue weighted by Gasteiger charge is -2.47. The van der Waals surface area contributed by atoms with E-state index in [1.165, 1.54) is 13.5 Å². The van der Waals surface area contributed by atoms with Crippen LogP contribution in [0, 0.1) is 22.7 Å². The summed E-state index contributed by atoms with van der Waals surface area (Å²) in [5.74, 6) is 0.722. The summed E-state index contributed by atoms with van der Waals surface area (Å²) in [4.78, 5) is 11.9. The van der Waals surface area contributed by atoms with Crippen molar-refractivity contribution >= 4 is 5.97 Å². The molecule has 0 aromatic heterocycles. The molecule has 0 bridgehead atoms. The van der Waals surface area contributed by atoms with Crippen LogP contribution in [0.1, 0.15) is 40.0 Å². The molecule has 3 atom stereocenters. The molecule has 2 rings (SSSR count). The van der Waals surface area contributed by atoms with E-state index in [2.05, 4.69) is 26.1 Å². The van der Waals surface area contributed by atoms with Crippen LogP contribution in [-0.2, 0) is 9.53 Å². The maximum absolute atomic E-state index is 11.9. The highest BCUT2D eigenvalue weighted by molar-refractivity contribution is 5.74. The minimum atomic E-state index is -0.0279. The Morgan fingerprint density at radius 1 is 1.35 bits per heavy atom. The SMILES string of the molecule is COC(=O)C1CNCC12CC(C)CC(C)(C)C2. The van der Waals surface area contributed by atoms with Gasteiger partial charge in [-0.15, -0.1) is 0 Å². The summed E-state index contributed by atoms with van der Waals surface area (Å²) in [6.45, 7) is 8.74. The van der Waals surface area contributed by atoms with Gasteiger partial charge in [0.05, 0.1) is 13.0 Å². The molecule has 0 amide bonds. The predicted octanol–water partition coefficient (Wildman–Crippen LogP) is 2.21. The third-order valence-corrected chi connectivity index (χ3v) is 4.54. The molecule has 1 spiro atoms. The number of nitrogens with one attached hydrogen (secondary N) is 1. The normalized spacial score (nSPS) is 40.5. The lowest BCUT2D eigenvalue weighted by atomic mass is 9.57. The second kappa shape index (κ2) is 4.27. The van der Waals surface area contributed by atoms with Crippen LogP contribution < -0.4 is 5.32 Å². The summed E-state index contributed by atoms with van der Waals surface area (Å²) in [7, 11) is 1.51. The van der Waals surface area contributed by atoms with E-state index in [-0.39, 0.29) is 17.3 Å². The van der Waals surface area contributed by atoms with E-state index in [0.717, 1.165) is 25.9 Å². The molecule has 3 heteroatoms. The highest BCUT2D eigenvalue weighted by Crippen LogP contribution is 2.53. The Balaban J connectivity index is 2.24. The fourth-order valence-electron chi connectivity index (χ4n) is 4.49. The van der Waals surface area contributed by atoms with Gasteiger partial charge in [-0.2, -0.15) is 0 Å². The topological polar surface area (TPSA) is 38.3 Å². The largest absolute Gasteiger partial charge is 0.469 e. The van der Waals surface area contributed by atoms with E-state index in [1.54, 1.807) is 0 Å². The van der Waals surface area contributed by atoms with Crippen LogP contribution in [0.4, 0.5) is 0 Å². The van der Waals surface area contributed by atoms with Crippen molar-refractivity contribution in [2.75, 3.05) is 20.2 Å². The van der Waals surface area contributed by atoms with Crippen LogP contribution in [0.3, 0.4) is 0 Å². The van der Waals surface area contributed by atoms with Crippen LogP contribution in [0.2, 0.25) is 0 Å². The fraction of sp³-hybridized carbons (Fsp3) is 0.929. The number of methoxy groups -OCH3 is 1. The van der Waals surface area contributed by atoms with E-state index in [4.69, 9.17) is 4.74 Å². The minimum Gasteiger partial charge on any atom is -0.469 e. The Morgan fingerprint density at radius 2 is 2.06 bits per heavy atom. The Labute approximate surface area is 104 Å². The van der Waals surface area contributed by atoms with Crippen molar-refractivity contribution in [2.24, 2.45) is 22.7 Å². The first-order valence-corrected chi connectivity index (χ1v) is 6.67. The Morgan fingerprint density at radius 3 is 2.65 bits per heavy atom. The molecule has 1 aliphatic carbocycles. The van der Waals surface area contributed by atoms with Gasteiger partial charge in [0.15, 0.2) is 0 Å². The van der Waals surface area contributed by atoms with Crippen molar-refractivity contribution in [3.63, 3.8) is 0 Å². The lowest BCUT2D eigenvalue weighted by molar-refractivity contribution is -0.150. The Kier molecular flexibility index (Phi) is 3.23. The smallest absolute Gasteiger partial charge is 0.310 e. The number of rotatable bonds is 1. The average Bonchev–Trinajstić information content (AvgIpc) is 2.56. The zero-order valence-electron chi connectivity index (χ0n) is 11.5. The summed E-state index contributed by atoms with van der Waals surface area (Å²) in [5.41, 5.74) is 0.476. The molecule has 2 aliphatic rings. The maximum Gasteiger partial charge on any atom is 0.310 e. The highest BCUT2D eigenvalue weighted by atomic mass is 16.5. The number of carbonyl (C=O) groups is 1. The molecule has 0 aromatic rings. The number of hydrogen-bond donors (Lipinski definition) is 1. The first-order chi connectivity index (χ1) is 7.88. The monoisotopic (exact) mass is 239 g/mol. The molecule has 98 valence electrons. The van der Waals surface area contributed by atoms with E-state index in [1.807, 2.05) is 0 Å². The minimum absolute atomic E-state index is 0.0279. The first kappa shape index (κ1) is 12.9. The molecule has 1 N–H and O–H groups in total. The van der Waals surface area contributed by atoms with Gasteiger partial charge in [-0.05, 0) is 36.0 Å². The van der Waals surface area contributed by atoms with Crippen LogP contribution >= 0.6 is 0 Å². The second-order valence-electron chi connectivity index (χ2n) is 6.92. The third-order valence-electron chi connectivity index (χ3n) is 4.54. The van der Waals surface area contributed by atoms with Gasteiger partial charge in [-0.1, -0.05) is 20.8 Å². The Bertz CT molecular complexity index is 313. The fourth-order valence-corrected chi connectivity index (χ4v) is 4.49. The molecule has 2 fully saturated rings. The molecular weight excluding hydrogens is 214 g/mol. The van der Waals surface area contributed by atoms with Gasteiger partial charge in [-0.3, -0.25) is 4.79 Å². The zero-order valence-corrected chi connectivity index (χ0v) is 11.5. The van der Waals surface area contributed by atoms with Gasteiger partial charge in [0.1, 0.15) is 0 Å². The average molecular weight is 239 g/mol. The first-order valence-electron chi connectivity index (χ1n) is 6.67. The van der Waals surface area contributed by atoms with Gasteiger partial charge >= 0.3 is 5.97 Å². The summed E-state index contributed by atoms with van der Waals surface area (Å²) < 4.78 is 4.99. The quantitative estimate of drug-likeness (QED) is 0.713. The van der Waals surface area contributed by atoms with Crippen molar-refractivity contribution in [1.82, 2.24) is 5.32 Å². The predicted molar refractivity (Wildman–Crippen MR) is 67.6 cm³/mol. The molecule has 1 heterocycles. The molecule has 0 aromatic carbocycles. The van der Waals surface area contributed by atoms with Gasteiger partial charge in [0, 0.05) is 13.1 Å². The number of ether oxygens (including phenoxy) is 1. The summed E-state index contributed by atoms with van der Waals surface area (Å²) in [6, 6.07) is 0. The zero-order chi connectivity index (χ0) is 12.7. The van der Waals surface area contributed by atoms with Crippen molar-refractivity contribution in [2.45, 2.75) is 40.0 Å². The van der Waals surface area contributed by atoms with Gasteiger partial charge in [-0.25, -0.2) is 0 Å². The Hall–Kier alpha value is -0.570. The summed E-state index contributed by atoms with van der Waals surface area (Å²) in [5, 5.41) is 3.41. The van der Waals surface area contributed by atoms with E-state index < -0.39 is 0 Å². The van der Waals surface area contributed by atoms with Crippen LogP contribution in [0.25, 0.3) is 0 Å². The highest BCUT2D eigenvalue weighted by Gasteiger charge is 2.52. The van der Waals surface area contributed by atoms with E-state index in [9.17, 15) is 4.79 Å². The van der Waals surface area contributed by atoms with Gasteiger partial charge in [0.25, 0.3) is 0 Å². The standard InChI is InChI=1S/C14H25NO2/c1-10-5-13(2,3)8-14(6-10)9-15-7-11(14)12(16)17-4/h10-11,15H,5-9H2,1-4H3. The van der Waals surface area contributed by atoms with Crippen LogP contribution in [0.5, 0.6) is 0 Å². The van der Waals surface area contributed by atoms with Crippen molar-refractivity contribution in [3.8, 4) is 0 Å². The molecule has 3 nitrogen and oxygen atoms in total. The molecule has 17 heavy (non-hydrogen) atoms. The van der Waals surface area contributed by atoms with Crippen molar-refractivity contribution in [1.29, 1.82) is 0 Å². The van der Waals surface area contributed by atoms with Crippen LogP contribution in [-0.4, -0.2) is 26.2 Å². The number of hydrogen-bond acceptors (Lipinski definition) is 3. The van der Waals surface area contributed by atoms with Gasteiger partial charge < -0.3 is 10.1 Å². The lowest BCUT2D eigenvalue weighted by Crippen LogP contribution is -2.44. The van der Waals surface area contributed by atoms with E-state index in [0.29, 0.717) is 11.3 Å². The van der Waals surface area contributed by atoms with Crippen LogP contribution in [0.15, 0.2) is 0 Å². The molecular formula is C14H25NO2. The molecule has 3 unspecified atom stereocenters. The number of esters is 1. The molecule has 1 saturated carbocycles. The van der Waals surface area contributed by atoms with Gasteiger partial charge in [0.2, 0.25) is 0 Å². The van der Waals surface area contributed by atoms with Crippen molar-refractivity contribution < 1.29 is 9.53 Å². The maximum atomic E-state index is 11.9. The third kappa shape index (κ3) is 2.35. The number of carbonyl (C=O) groups excluding carboxylic acids is 1.